The van der Waals surface area contributed by atoms with Crippen molar-refractivity contribution >= 4 is 11.6 Å². The summed E-state index contributed by atoms with van der Waals surface area (Å²) in [5.74, 6) is -0.302. The van der Waals surface area contributed by atoms with E-state index >= 15 is 0 Å². The molecule has 1 amide bonds. The lowest BCUT2D eigenvalue weighted by Crippen LogP contribution is -2.44. The van der Waals surface area contributed by atoms with Crippen molar-refractivity contribution in [2.75, 3.05) is 13.2 Å². The lowest BCUT2D eigenvalue weighted by Gasteiger charge is -2.35. The Balaban J connectivity index is 2.33. The van der Waals surface area contributed by atoms with Gasteiger partial charge in [0.1, 0.15) is 5.56 Å². The van der Waals surface area contributed by atoms with Gasteiger partial charge in [-0.2, -0.15) is 0 Å². The van der Waals surface area contributed by atoms with Gasteiger partial charge in [0.25, 0.3) is 11.6 Å². The predicted molar refractivity (Wildman–Crippen MR) is 78.2 cm³/mol. The van der Waals surface area contributed by atoms with Crippen molar-refractivity contribution in [1.29, 1.82) is 0 Å². The zero-order valence-corrected chi connectivity index (χ0v) is 12.1. The number of likely N-dealkylation sites (tertiary alicyclic amines) is 1. The van der Waals surface area contributed by atoms with E-state index in [0.717, 1.165) is 24.8 Å². The van der Waals surface area contributed by atoms with Gasteiger partial charge in [-0.3, -0.25) is 14.9 Å². The molecule has 1 aromatic rings. The number of nitro benzene ring substituents is 1. The minimum atomic E-state index is -0.516. The molecule has 2 rings (SSSR count). The number of hydrogen-bond acceptors (Lipinski definition) is 4. The summed E-state index contributed by atoms with van der Waals surface area (Å²) in [7, 11) is 0. The third-order valence-corrected chi connectivity index (χ3v) is 3.93. The van der Waals surface area contributed by atoms with Crippen molar-refractivity contribution in [2.24, 2.45) is 0 Å². The fourth-order valence-corrected chi connectivity index (χ4v) is 2.85. The normalized spacial score (nSPS) is 18.6. The summed E-state index contributed by atoms with van der Waals surface area (Å²) in [4.78, 5) is 25.0. The van der Waals surface area contributed by atoms with Gasteiger partial charge in [0.15, 0.2) is 0 Å². The number of aliphatic hydroxyl groups is 1. The molecule has 0 bridgehead atoms. The Labute approximate surface area is 123 Å². The van der Waals surface area contributed by atoms with E-state index in [9.17, 15) is 14.9 Å². The molecule has 1 atom stereocenters. The molecule has 1 N–H and O–H groups in total. The van der Waals surface area contributed by atoms with Crippen LogP contribution in [0.25, 0.3) is 0 Å². The monoisotopic (exact) mass is 292 g/mol. The first-order valence-corrected chi connectivity index (χ1v) is 7.21. The fraction of sp³-hybridized carbons (Fsp3) is 0.533. The highest BCUT2D eigenvalue weighted by molar-refractivity contribution is 5.98. The fourth-order valence-electron chi connectivity index (χ4n) is 2.85. The number of piperidine rings is 1. The van der Waals surface area contributed by atoms with E-state index in [0.29, 0.717) is 13.0 Å². The highest BCUT2D eigenvalue weighted by Gasteiger charge is 2.30. The quantitative estimate of drug-likeness (QED) is 0.681. The minimum Gasteiger partial charge on any atom is -0.396 e. The number of rotatable bonds is 4. The lowest BCUT2D eigenvalue weighted by atomic mass is 9.97. The number of nitrogens with zero attached hydrogens (tertiary/aromatic N) is 2. The first kappa shape index (κ1) is 15.4. The minimum absolute atomic E-state index is 0.0182. The summed E-state index contributed by atoms with van der Waals surface area (Å²) >= 11 is 0. The van der Waals surface area contributed by atoms with Crippen LogP contribution in [0.5, 0.6) is 0 Å². The van der Waals surface area contributed by atoms with E-state index in [1.165, 1.54) is 6.07 Å². The molecule has 1 aromatic carbocycles. The van der Waals surface area contributed by atoms with E-state index in [-0.39, 0.29) is 29.8 Å². The van der Waals surface area contributed by atoms with E-state index in [4.69, 9.17) is 5.11 Å². The van der Waals surface area contributed by atoms with Gasteiger partial charge in [0.05, 0.1) is 4.92 Å². The molecule has 6 nitrogen and oxygen atoms in total. The zero-order valence-electron chi connectivity index (χ0n) is 12.1. The molecule has 0 saturated carbocycles. The Hall–Kier alpha value is -1.95. The number of benzene rings is 1. The second kappa shape index (κ2) is 6.67. The van der Waals surface area contributed by atoms with Crippen LogP contribution < -0.4 is 0 Å². The van der Waals surface area contributed by atoms with Gasteiger partial charge in [-0.15, -0.1) is 0 Å². The first-order valence-electron chi connectivity index (χ1n) is 7.21. The number of aryl methyl sites for hydroxylation is 1. The highest BCUT2D eigenvalue weighted by Crippen LogP contribution is 2.26. The molecule has 1 saturated heterocycles. The van der Waals surface area contributed by atoms with Crippen LogP contribution in [0.1, 0.15) is 41.6 Å². The SMILES string of the molecule is Cc1ccc([N+](=O)[O-])c(C(=O)N2CCCCC2CCO)c1. The van der Waals surface area contributed by atoms with Gasteiger partial charge in [-0.05, 0) is 44.2 Å². The number of carbonyl (C=O) groups is 1. The number of aliphatic hydroxyl groups excluding tert-OH is 1. The molecule has 0 aromatic heterocycles. The highest BCUT2D eigenvalue weighted by atomic mass is 16.6. The predicted octanol–water partition coefficient (Wildman–Crippen LogP) is 2.28. The van der Waals surface area contributed by atoms with Crippen LogP contribution in [-0.4, -0.2) is 40.0 Å². The molecule has 0 aliphatic carbocycles. The van der Waals surface area contributed by atoms with Gasteiger partial charge in [0, 0.05) is 25.3 Å². The smallest absolute Gasteiger partial charge is 0.282 e. The molecule has 6 heteroatoms. The van der Waals surface area contributed by atoms with Gasteiger partial charge in [0.2, 0.25) is 0 Å². The first-order chi connectivity index (χ1) is 10.0. The molecule has 1 fully saturated rings. The van der Waals surface area contributed by atoms with Crippen LogP contribution in [0.15, 0.2) is 18.2 Å². The Morgan fingerprint density at radius 2 is 2.24 bits per heavy atom. The molecule has 1 aliphatic heterocycles. The van der Waals surface area contributed by atoms with E-state index < -0.39 is 4.92 Å². The van der Waals surface area contributed by atoms with Crippen LogP contribution in [0.4, 0.5) is 5.69 Å². The molecule has 1 heterocycles. The summed E-state index contributed by atoms with van der Waals surface area (Å²) in [6.45, 7) is 2.42. The molecule has 1 aliphatic rings. The van der Waals surface area contributed by atoms with Crippen molar-refractivity contribution in [1.82, 2.24) is 4.90 Å². The maximum atomic E-state index is 12.7. The van der Waals surface area contributed by atoms with Crippen molar-refractivity contribution < 1.29 is 14.8 Å². The number of nitro groups is 1. The molecule has 0 radical (unpaired) electrons. The average Bonchev–Trinajstić information content (AvgIpc) is 2.47. The molecule has 21 heavy (non-hydrogen) atoms. The second-order valence-electron chi connectivity index (χ2n) is 5.44. The van der Waals surface area contributed by atoms with Crippen molar-refractivity contribution in [3.63, 3.8) is 0 Å². The van der Waals surface area contributed by atoms with E-state index in [1.807, 2.05) is 6.92 Å². The standard InChI is InChI=1S/C15H20N2O4/c1-11-5-6-14(17(20)21)13(10-11)15(19)16-8-3-2-4-12(16)7-9-18/h5-6,10,12,18H,2-4,7-9H2,1H3. The number of hydrogen-bond donors (Lipinski definition) is 1. The summed E-state index contributed by atoms with van der Waals surface area (Å²) in [5.41, 5.74) is 0.809. The average molecular weight is 292 g/mol. The molecule has 1 unspecified atom stereocenters. The molecule has 0 spiro atoms. The maximum Gasteiger partial charge on any atom is 0.282 e. The topological polar surface area (TPSA) is 83.7 Å². The third-order valence-electron chi connectivity index (χ3n) is 3.93. The maximum absolute atomic E-state index is 12.7. The summed E-state index contributed by atoms with van der Waals surface area (Å²) < 4.78 is 0. The van der Waals surface area contributed by atoms with Crippen molar-refractivity contribution in [3.05, 3.63) is 39.4 Å². The van der Waals surface area contributed by atoms with E-state index in [1.54, 1.807) is 17.0 Å². The van der Waals surface area contributed by atoms with Gasteiger partial charge >= 0.3 is 0 Å². The van der Waals surface area contributed by atoms with Crippen LogP contribution in [0, 0.1) is 17.0 Å². The third kappa shape index (κ3) is 3.39. The molecular formula is C15H20N2O4. The lowest BCUT2D eigenvalue weighted by molar-refractivity contribution is -0.385. The van der Waals surface area contributed by atoms with Crippen LogP contribution in [0.3, 0.4) is 0 Å². The molecular weight excluding hydrogens is 272 g/mol. The Morgan fingerprint density at radius 1 is 1.48 bits per heavy atom. The van der Waals surface area contributed by atoms with Gasteiger partial charge in [-0.25, -0.2) is 0 Å². The number of amides is 1. The van der Waals surface area contributed by atoms with Crippen LogP contribution in [0.2, 0.25) is 0 Å². The van der Waals surface area contributed by atoms with Crippen LogP contribution in [-0.2, 0) is 0 Å². The molecule has 114 valence electrons. The largest absolute Gasteiger partial charge is 0.396 e. The Kier molecular flexibility index (Phi) is 4.90. The Morgan fingerprint density at radius 3 is 2.90 bits per heavy atom. The van der Waals surface area contributed by atoms with Crippen LogP contribution >= 0.6 is 0 Å². The number of carbonyl (C=O) groups excluding carboxylic acids is 1. The summed E-state index contributed by atoms with van der Waals surface area (Å²) in [6, 6.07) is 4.56. The summed E-state index contributed by atoms with van der Waals surface area (Å²) in [6.07, 6.45) is 3.27. The Bertz CT molecular complexity index is 542. The summed E-state index contributed by atoms with van der Waals surface area (Å²) in [5, 5.41) is 20.3. The van der Waals surface area contributed by atoms with Crippen molar-refractivity contribution in [2.45, 2.75) is 38.6 Å². The van der Waals surface area contributed by atoms with Gasteiger partial charge < -0.3 is 10.0 Å². The second-order valence-corrected chi connectivity index (χ2v) is 5.44. The zero-order chi connectivity index (χ0) is 15.4. The van der Waals surface area contributed by atoms with E-state index in [2.05, 4.69) is 0 Å². The van der Waals surface area contributed by atoms with Gasteiger partial charge in [-0.1, -0.05) is 6.07 Å². The van der Waals surface area contributed by atoms with Crippen molar-refractivity contribution in [3.8, 4) is 0 Å².